The maximum atomic E-state index is 12.0. The molecule has 0 spiro atoms. The number of nitrogens with one attached hydrogen (secondary N) is 1. The van der Waals surface area contributed by atoms with Gasteiger partial charge >= 0.3 is 0 Å². The van der Waals surface area contributed by atoms with E-state index in [1.165, 1.54) is 6.42 Å². The maximum Gasteiger partial charge on any atom is 0.270 e. The first-order valence-electron chi connectivity index (χ1n) is 6.94. The Morgan fingerprint density at radius 1 is 1.38 bits per heavy atom. The lowest BCUT2D eigenvalue weighted by molar-refractivity contribution is 0.0906. The van der Waals surface area contributed by atoms with E-state index >= 15 is 0 Å². The van der Waals surface area contributed by atoms with E-state index in [2.05, 4.69) is 22.1 Å². The molecule has 0 bridgehead atoms. The van der Waals surface area contributed by atoms with Gasteiger partial charge in [0, 0.05) is 19.1 Å². The molecule has 7 heteroatoms. The van der Waals surface area contributed by atoms with E-state index in [0.29, 0.717) is 11.5 Å². The fraction of sp³-hybridized carbons (Fsp3) is 0.571. The summed E-state index contributed by atoms with van der Waals surface area (Å²) in [5, 5.41) is 3.04. The van der Waals surface area contributed by atoms with Crippen molar-refractivity contribution in [3.63, 3.8) is 0 Å². The van der Waals surface area contributed by atoms with Crippen molar-refractivity contribution >= 4 is 36.5 Å². The lowest BCUT2D eigenvalue weighted by Crippen LogP contribution is -2.44. The number of amides is 1. The number of nitrogens with two attached hydrogens (primary N) is 1. The van der Waals surface area contributed by atoms with Gasteiger partial charge < -0.3 is 16.0 Å². The third-order valence-electron chi connectivity index (χ3n) is 3.47. The highest BCUT2D eigenvalue weighted by Crippen LogP contribution is 2.11. The molecule has 120 valence electrons. The normalized spacial score (nSPS) is 15.7. The summed E-state index contributed by atoms with van der Waals surface area (Å²) in [6.45, 7) is 5.46. The zero-order valence-electron chi connectivity index (χ0n) is 12.2. The van der Waals surface area contributed by atoms with Gasteiger partial charge in [-0.25, -0.2) is 4.98 Å². The van der Waals surface area contributed by atoms with Crippen molar-refractivity contribution in [3.05, 3.63) is 23.9 Å². The molecule has 0 atom stereocenters. The molecule has 5 nitrogen and oxygen atoms in total. The van der Waals surface area contributed by atoms with E-state index in [-0.39, 0.29) is 36.8 Å². The van der Waals surface area contributed by atoms with Gasteiger partial charge in [0.2, 0.25) is 0 Å². The number of nitrogens with zero attached hydrogens (tertiary/aromatic N) is 2. The van der Waals surface area contributed by atoms with Crippen molar-refractivity contribution < 1.29 is 4.79 Å². The predicted octanol–water partition coefficient (Wildman–Crippen LogP) is 2.11. The van der Waals surface area contributed by atoms with Crippen LogP contribution >= 0.6 is 24.8 Å². The number of hydrogen-bond acceptors (Lipinski definition) is 4. The summed E-state index contributed by atoms with van der Waals surface area (Å²) >= 11 is 0. The first kappa shape index (κ1) is 20.0. The van der Waals surface area contributed by atoms with Crippen molar-refractivity contribution in [3.8, 4) is 0 Å². The second-order valence-corrected chi connectivity index (χ2v) is 5.04. The molecule has 1 aliphatic rings. The molecule has 0 aromatic carbocycles. The van der Waals surface area contributed by atoms with E-state index in [4.69, 9.17) is 5.73 Å². The van der Waals surface area contributed by atoms with Gasteiger partial charge in [-0.15, -0.1) is 24.8 Å². The number of hydrogen-bond donors (Lipinski definition) is 2. The molecule has 0 aliphatic carbocycles. The van der Waals surface area contributed by atoms with Crippen LogP contribution in [0, 0.1) is 0 Å². The van der Waals surface area contributed by atoms with Crippen LogP contribution < -0.4 is 11.1 Å². The number of carbonyl (C=O) groups is 1. The van der Waals surface area contributed by atoms with Crippen LogP contribution in [0.1, 0.15) is 36.7 Å². The third kappa shape index (κ3) is 6.08. The fourth-order valence-corrected chi connectivity index (χ4v) is 2.45. The van der Waals surface area contributed by atoms with E-state index in [1.54, 1.807) is 18.2 Å². The van der Waals surface area contributed by atoms with Gasteiger partial charge in [-0.05, 0) is 37.9 Å². The Labute approximate surface area is 138 Å². The molecule has 1 fully saturated rings. The van der Waals surface area contributed by atoms with Crippen molar-refractivity contribution in [1.29, 1.82) is 0 Å². The molecule has 1 aliphatic heterocycles. The molecular formula is C14H24Cl2N4O. The van der Waals surface area contributed by atoms with Crippen molar-refractivity contribution in [2.24, 2.45) is 0 Å². The largest absolute Gasteiger partial charge is 0.384 e. The van der Waals surface area contributed by atoms with Crippen molar-refractivity contribution in [2.75, 3.05) is 25.4 Å². The van der Waals surface area contributed by atoms with Crippen LogP contribution in [0.4, 0.5) is 5.82 Å². The number of aromatic nitrogens is 1. The highest BCUT2D eigenvalue weighted by atomic mass is 35.5. The van der Waals surface area contributed by atoms with Gasteiger partial charge in [-0.2, -0.15) is 0 Å². The molecule has 2 rings (SSSR count). The summed E-state index contributed by atoms with van der Waals surface area (Å²) in [6, 6.07) is 5.38. The summed E-state index contributed by atoms with van der Waals surface area (Å²) < 4.78 is 0. The summed E-state index contributed by atoms with van der Waals surface area (Å²) in [7, 11) is 0. The van der Waals surface area contributed by atoms with Crippen LogP contribution in [-0.4, -0.2) is 41.5 Å². The summed E-state index contributed by atoms with van der Waals surface area (Å²) in [4.78, 5) is 18.5. The standard InChI is InChI=1S/C14H22N4O.2ClH/c1-2-8-18-9-6-11(7-10-18)16-14(19)12-4-3-5-13(15)17-12;;/h3-5,11H,2,6-10H2,1H3,(H2,15,17)(H,16,19);2*1H. The molecule has 1 aromatic rings. The number of carbonyl (C=O) groups excluding carboxylic acids is 1. The minimum Gasteiger partial charge on any atom is -0.384 e. The Morgan fingerprint density at radius 3 is 2.62 bits per heavy atom. The minimum atomic E-state index is -0.124. The van der Waals surface area contributed by atoms with Crippen LogP contribution in [0.5, 0.6) is 0 Å². The number of nitrogen functional groups attached to an aromatic ring is 1. The van der Waals surface area contributed by atoms with Crippen molar-refractivity contribution in [1.82, 2.24) is 15.2 Å². The molecule has 1 saturated heterocycles. The molecule has 1 amide bonds. The Balaban J connectivity index is 0.00000200. The topological polar surface area (TPSA) is 71.2 Å². The maximum absolute atomic E-state index is 12.0. The smallest absolute Gasteiger partial charge is 0.270 e. The number of halogens is 2. The second-order valence-electron chi connectivity index (χ2n) is 5.04. The average Bonchev–Trinajstić information content (AvgIpc) is 2.41. The number of piperidine rings is 1. The van der Waals surface area contributed by atoms with Crippen LogP contribution in [0.2, 0.25) is 0 Å². The molecule has 1 aromatic heterocycles. The van der Waals surface area contributed by atoms with E-state index in [9.17, 15) is 4.79 Å². The number of likely N-dealkylation sites (tertiary alicyclic amines) is 1. The number of pyridine rings is 1. The third-order valence-corrected chi connectivity index (χ3v) is 3.47. The van der Waals surface area contributed by atoms with Gasteiger partial charge in [-0.1, -0.05) is 13.0 Å². The minimum absolute atomic E-state index is 0. The Hall–Kier alpha value is -1.04. The van der Waals surface area contributed by atoms with Crippen LogP contribution in [-0.2, 0) is 0 Å². The zero-order valence-corrected chi connectivity index (χ0v) is 13.9. The highest BCUT2D eigenvalue weighted by molar-refractivity contribution is 5.92. The molecule has 2 heterocycles. The molecule has 0 radical (unpaired) electrons. The van der Waals surface area contributed by atoms with Gasteiger partial charge in [0.25, 0.3) is 5.91 Å². The van der Waals surface area contributed by atoms with Gasteiger partial charge in [0.15, 0.2) is 0 Å². The van der Waals surface area contributed by atoms with E-state index in [0.717, 1.165) is 32.5 Å². The van der Waals surface area contributed by atoms with Gasteiger partial charge in [-0.3, -0.25) is 4.79 Å². The summed E-state index contributed by atoms with van der Waals surface area (Å²) in [5.41, 5.74) is 5.98. The molecular weight excluding hydrogens is 311 g/mol. The van der Waals surface area contributed by atoms with E-state index in [1.807, 2.05) is 0 Å². The van der Waals surface area contributed by atoms with Gasteiger partial charge in [0.05, 0.1) is 0 Å². The van der Waals surface area contributed by atoms with Crippen LogP contribution in [0.3, 0.4) is 0 Å². The van der Waals surface area contributed by atoms with Gasteiger partial charge in [0.1, 0.15) is 11.5 Å². The molecule has 21 heavy (non-hydrogen) atoms. The highest BCUT2D eigenvalue weighted by Gasteiger charge is 2.20. The summed E-state index contributed by atoms with van der Waals surface area (Å²) in [6.07, 6.45) is 3.20. The van der Waals surface area contributed by atoms with Crippen molar-refractivity contribution in [2.45, 2.75) is 32.2 Å². The fourth-order valence-electron chi connectivity index (χ4n) is 2.45. The van der Waals surface area contributed by atoms with E-state index < -0.39 is 0 Å². The summed E-state index contributed by atoms with van der Waals surface area (Å²) in [5.74, 6) is 0.256. The zero-order chi connectivity index (χ0) is 13.7. The SMILES string of the molecule is CCCN1CCC(NC(=O)c2cccc(N)n2)CC1.Cl.Cl. The number of anilines is 1. The number of rotatable bonds is 4. The Morgan fingerprint density at radius 2 is 2.05 bits per heavy atom. The predicted molar refractivity (Wildman–Crippen MR) is 90.4 cm³/mol. The molecule has 0 unspecified atom stereocenters. The monoisotopic (exact) mass is 334 g/mol. The second kappa shape index (κ2) is 9.82. The average molecular weight is 335 g/mol. The first-order chi connectivity index (χ1) is 9.19. The van der Waals surface area contributed by atoms with Crippen LogP contribution in [0.25, 0.3) is 0 Å². The molecule has 0 saturated carbocycles. The first-order valence-corrected chi connectivity index (χ1v) is 6.94. The lowest BCUT2D eigenvalue weighted by Gasteiger charge is -2.31. The Bertz CT molecular complexity index is 437. The quantitative estimate of drug-likeness (QED) is 0.884. The lowest BCUT2D eigenvalue weighted by atomic mass is 10.0. The molecule has 3 N–H and O–H groups in total. The Kier molecular flexibility index (Phi) is 9.33. The van der Waals surface area contributed by atoms with Crippen LogP contribution in [0.15, 0.2) is 18.2 Å².